The first kappa shape index (κ1) is 12.8. The van der Waals surface area contributed by atoms with E-state index in [0.717, 1.165) is 37.6 Å². The van der Waals surface area contributed by atoms with Crippen molar-refractivity contribution in [3.8, 4) is 0 Å². The predicted octanol–water partition coefficient (Wildman–Crippen LogP) is 2.73. The smallest absolute Gasteiger partial charge is 0.125 e. The highest BCUT2D eigenvalue weighted by Crippen LogP contribution is 2.21. The minimum absolute atomic E-state index is 0.177. The van der Waals surface area contributed by atoms with Crippen molar-refractivity contribution in [1.82, 2.24) is 0 Å². The van der Waals surface area contributed by atoms with Crippen molar-refractivity contribution >= 4 is 17.1 Å². The summed E-state index contributed by atoms with van der Waals surface area (Å²) in [7, 11) is 0. The molecule has 4 heteroatoms. The molecular formula is C16H18FN3. The quantitative estimate of drug-likeness (QED) is 0.852. The van der Waals surface area contributed by atoms with Crippen LogP contribution in [0.25, 0.3) is 0 Å². The minimum atomic E-state index is -0.177. The maximum absolute atomic E-state index is 13.3. The zero-order valence-electron chi connectivity index (χ0n) is 11.3. The molecule has 0 atom stereocenters. The number of hydrogen-bond donors (Lipinski definition) is 1. The summed E-state index contributed by atoms with van der Waals surface area (Å²) in [5, 5.41) is 0. The molecule has 0 aromatic heterocycles. The molecule has 0 bridgehead atoms. The summed E-state index contributed by atoms with van der Waals surface area (Å²) in [6, 6.07) is 14.7. The fourth-order valence-electron chi connectivity index (χ4n) is 2.58. The van der Waals surface area contributed by atoms with Crippen molar-refractivity contribution in [1.29, 1.82) is 0 Å². The van der Waals surface area contributed by atoms with Gasteiger partial charge in [0.25, 0.3) is 0 Å². The highest BCUT2D eigenvalue weighted by Gasteiger charge is 2.17. The molecule has 0 unspecified atom stereocenters. The van der Waals surface area contributed by atoms with Gasteiger partial charge in [-0.25, -0.2) is 4.39 Å². The fourth-order valence-corrected chi connectivity index (χ4v) is 2.58. The molecule has 0 spiro atoms. The lowest BCUT2D eigenvalue weighted by atomic mass is 10.2. The van der Waals surface area contributed by atoms with E-state index in [2.05, 4.69) is 9.80 Å². The molecule has 1 fully saturated rings. The van der Waals surface area contributed by atoms with Crippen LogP contribution in [0.4, 0.5) is 21.5 Å². The van der Waals surface area contributed by atoms with Crippen LogP contribution in [-0.4, -0.2) is 26.2 Å². The summed E-state index contributed by atoms with van der Waals surface area (Å²) in [6.07, 6.45) is 0. The van der Waals surface area contributed by atoms with E-state index < -0.39 is 0 Å². The molecule has 2 N–H and O–H groups in total. The van der Waals surface area contributed by atoms with Crippen LogP contribution in [0.3, 0.4) is 0 Å². The molecule has 3 rings (SSSR count). The Morgan fingerprint density at radius 2 is 1.40 bits per heavy atom. The summed E-state index contributed by atoms with van der Waals surface area (Å²) in [5.74, 6) is -0.177. The van der Waals surface area contributed by atoms with Gasteiger partial charge in [-0.15, -0.1) is 0 Å². The highest BCUT2D eigenvalue weighted by atomic mass is 19.1. The third kappa shape index (κ3) is 2.69. The van der Waals surface area contributed by atoms with Crippen LogP contribution in [-0.2, 0) is 0 Å². The first-order chi connectivity index (χ1) is 9.72. The molecule has 0 radical (unpaired) electrons. The third-order valence-corrected chi connectivity index (χ3v) is 3.71. The average Bonchev–Trinajstić information content (AvgIpc) is 2.48. The van der Waals surface area contributed by atoms with Gasteiger partial charge in [-0.2, -0.15) is 0 Å². The standard InChI is InChI=1S/C16H18FN3/c17-13-2-1-3-16(12-13)20-10-8-19(9-11-20)15-6-4-14(18)5-7-15/h1-7,12H,8-11,18H2. The molecule has 1 heterocycles. The zero-order valence-corrected chi connectivity index (χ0v) is 11.3. The van der Waals surface area contributed by atoms with E-state index >= 15 is 0 Å². The summed E-state index contributed by atoms with van der Waals surface area (Å²) in [4.78, 5) is 4.55. The van der Waals surface area contributed by atoms with E-state index in [1.807, 2.05) is 30.3 Å². The van der Waals surface area contributed by atoms with Gasteiger partial charge in [0.1, 0.15) is 5.82 Å². The Labute approximate surface area is 118 Å². The number of hydrogen-bond acceptors (Lipinski definition) is 3. The fraction of sp³-hybridized carbons (Fsp3) is 0.250. The van der Waals surface area contributed by atoms with E-state index in [0.29, 0.717) is 0 Å². The molecule has 0 aliphatic carbocycles. The monoisotopic (exact) mass is 271 g/mol. The van der Waals surface area contributed by atoms with Crippen molar-refractivity contribution in [2.45, 2.75) is 0 Å². The number of nitrogens with zero attached hydrogens (tertiary/aromatic N) is 2. The van der Waals surface area contributed by atoms with Gasteiger partial charge in [0.15, 0.2) is 0 Å². The van der Waals surface area contributed by atoms with Gasteiger partial charge in [0.05, 0.1) is 0 Å². The van der Waals surface area contributed by atoms with Crippen LogP contribution in [0.2, 0.25) is 0 Å². The van der Waals surface area contributed by atoms with Crippen LogP contribution in [0.1, 0.15) is 0 Å². The second kappa shape index (κ2) is 5.41. The lowest BCUT2D eigenvalue weighted by molar-refractivity contribution is 0.620. The summed E-state index contributed by atoms with van der Waals surface area (Å²) >= 11 is 0. The Bertz CT molecular complexity index is 575. The average molecular weight is 271 g/mol. The van der Waals surface area contributed by atoms with Gasteiger partial charge in [0.2, 0.25) is 0 Å². The largest absolute Gasteiger partial charge is 0.399 e. The van der Waals surface area contributed by atoms with Crippen LogP contribution in [0.15, 0.2) is 48.5 Å². The summed E-state index contributed by atoms with van der Waals surface area (Å²) < 4.78 is 13.3. The molecule has 2 aromatic carbocycles. The Morgan fingerprint density at radius 1 is 0.800 bits per heavy atom. The Hall–Kier alpha value is -2.23. The first-order valence-corrected chi connectivity index (χ1v) is 6.83. The Morgan fingerprint density at radius 3 is 2.00 bits per heavy atom. The number of benzene rings is 2. The van der Waals surface area contributed by atoms with E-state index in [4.69, 9.17) is 5.73 Å². The summed E-state index contributed by atoms with van der Waals surface area (Å²) in [6.45, 7) is 3.66. The molecule has 3 nitrogen and oxygen atoms in total. The van der Waals surface area contributed by atoms with Gasteiger partial charge in [-0.1, -0.05) is 6.07 Å². The van der Waals surface area contributed by atoms with E-state index in [1.54, 1.807) is 12.1 Å². The van der Waals surface area contributed by atoms with Gasteiger partial charge < -0.3 is 15.5 Å². The van der Waals surface area contributed by atoms with E-state index in [1.165, 1.54) is 11.8 Å². The molecule has 2 aromatic rings. The minimum Gasteiger partial charge on any atom is -0.399 e. The van der Waals surface area contributed by atoms with Crippen molar-refractivity contribution in [3.63, 3.8) is 0 Å². The van der Waals surface area contributed by atoms with Crippen molar-refractivity contribution < 1.29 is 4.39 Å². The van der Waals surface area contributed by atoms with Crippen LogP contribution in [0, 0.1) is 5.82 Å². The molecule has 1 aliphatic rings. The van der Waals surface area contributed by atoms with Crippen LogP contribution >= 0.6 is 0 Å². The zero-order chi connectivity index (χ0) is 13.9. The molecule has 20 heavy (non-hydrogen) atoms. The van der Waals surface area contributed by atoms with Crippen molar-refractivity contribution in [2.24, 2.45) is 0 Å². The van der Waals surface area contributed by atoms with E-state index in [9.17, 15) is 4.39 Å². The first-order valence-electron chi connectivity index (χ1n) is 6.83. The second-order valence-corrected chi connectivity index (χ2v) is 5.05. The van der Waals surface area contributed by atoms with E-state index in [-0.39, 0.29) is 5.82 Å². The molecular weight excluding hydrogens is 253 g/mol. The van der Waals surface area contributed by atoms with Gasteiger partial charge in [-0.05, 0) is 42.5 Å². The maximum atomic E-state index is 13.3. The molecule has 1 saturated heterocycles. The van der Waals surface area contributed by atoms with Crippen LogP contribution < -0.4 is 15.5 Å². The third-order valence-electron chi connectivity index (χ3n) is 3.71. The van der Waals surface area contributed by atoms with Crippen molar-refractivity contribution in [2.75, 3.05) is 41.7 Å². The topological polar surface area (TPSA) is 32.5 Å². The summed E-state index contributed by atoms with van der Waals surface area (Å²) in [5.41, 5.74) is 8.64. The maximum Gasteiger partial charge on any atom is 0.125 e. The number of halogens is 1. The number of rotatable bonds is 2. The van der Waals surface area contributed by atoms with Crippen LogP contribution in [0.5, 0.6) is 0 Å². The van der Waals surface area contributed by atoms with Gasteiger partial charge in [-0.3, -0.25) is 0 Å². The van der Waals surface area contributed by atoms with Crippen molar-refractivity contribution in [3.05, 3.63) is 54.3 Å². The number of nitrogen functional groups attached to an aromatic ring is 1. The highest BCUT2D eigenvalue weighted by molar-refractivity contribution is 5.55. The number of anilines is 3. The number of nitrogens with two attached hydrogens (primary N) is 1. The van der Waals surface area contributed by atoms with Gasteiger partial charge >= 0.3 is 0 Å². The Kier molecular flexibility index (Phi) is 3.46. The number of piperazine rings is 1. The molecule has 0 amide bonds. The predicted molar refractivity (Wildman–Crippen MR) is 81.7 cm³/mol. The lowest BCUT2D eigenvalue weighted by Crippen LogP contribution is -2.46. The van der Waals surface area contributed by atoms with Gasteiger partial charge in [0, 0.05) is 43.2 Å². The molecule has 1 aliphatic heterocycles. The second-order valence-electron chi connectivity index (χ2n) is 5.05. The normalized spacial score (nSPS) is 15.4. The lowest BCUT2D eigenvalue weighted by Gasteiger charge is -2.37. The molecule has 0 saturated carbocycles. The Balaban J connectivity index is 1.66. The SMILES string of the molecule is Nc1ccc(N2CCN(c3cccc(F)c3)CC2)cc1. The molecule has 104 valence electrons.